The number of hydrogen-bond acceptors (Lipinski definition) is 3. The van der Waals surface area contributed by atoms with Crippen molar-refractivity contribution in [2.75, 3.05) is 52.5 Å². The first-order valence-corrected chi connectivity index (χ1v) is 10.9. The van der Waals surface area contributed by atoms with E-state index in [1.165, 1.54) is 10.5 Å². The fourth-order valence-electron chi connectivity index (χ4n) is 3.59. The summed E-state index contributed by atoms with van der Waals surface area (Å²) in [7, 11) is 0. The third kappa shape index (κ3) is 8.13. The predicted molar refractivity (Wildman–Crippen MR) is 115 cm³/mol. The van der Waals surface area contributed by atoms with Crippen LogP contribution in [0.3, 0.4) is 0 Å². The van der Waals surface area contributed by atoms with Gasteiger partial charge in [-0.15, -0.1) is 0 Å². The van der Waals surface area contributed by atoms with Gasteiger partial charge in [-0.2, -0.15) is 0 Å². The van der Waals surface area contributed by atoms with Gasteiger partial charge in [0.2, 0.25) is 0 Å². The molecule has 1 fully saturated rings. The molecule has 2 aromatic carbocycles. The first-order valence-electron chi connectivity index (χ1n) is 10.1. The van der Waals surface area contributed by atoms with E-state index in [-0.39, 0.29) is 0 Å². The van der Waals surface area contributed by atoms with Gasteiger partial charge >= 0.3 is 0 Å². The summed E-state index contributed by atoms with van der Waals surface area (Å²) in [5, 5.41) is 11.7. The van der Waals surface area contributed by atoms with E-state index in [9.17, 15) is 5.11 Å². The molecule has 158 valence electrons. The topological polar surface area (TPSA) is 47.6 Å². The van der Waals surface area contributed by atoms with Crippen LogP contribution < -0.4 is 14.5 Å². The van der Waals surface area contributed by atoms with E-state index in [4.69, 9.17) is 32.7 Å². The first-order chi connectivity index (χ1) is 14.1. The Hall–Kier alpha value is -1.34. The van der Waals surface area contributed by atoms with Crippen LogP contribution in [0, 0.1) is 0 Å². The second-order valence-electron chi connectivity index (χ2n) is 7.54. The molecule has 1 aliphatic heterocycles. The van der Waals surface area contributed by atoms with Crippen LogP contribution in [0.5, 0.6) is 5.75 Å². The fraction of sp³-hybridized carbons (Fsp3) is 0.455. The van der Waals surface area contributed by atoms with Crippen molar-refractivity contribution >= 4 is 23.2 Å². The number of quaternary nitrogens is 2. The summed E-state index contributed by atoms with van der Waals surface area (Å²) in [6.45, 7) is 7.37. The molecule has 0 radical (unpaired) electrons. The number of benzene rings is 2. The molecule has 0 unspecified atom stereocenters. The lowest BCUT2D eigenvalue weighted by molar-refractivity contribution is -1.02. The standard InChI is InChI=1S/C22H28Cl2N2O3/c23-19-3-1-18(2-4-19)15-25-9-11-26(12-10-25)16-21(27)17-28-13-14-29-22-7-5-20(24)6-8-22/h1-8,21,27H,9-17H2/p+2/t21-/m1/s1. The molecule has 0 aromatic heterocycles. The molecule has 1 heterocycles. The number of halogens is 2. The minimum Gasteiger partial charge on any atom is -0.491 e. The Kier molecular flexibility index (Phi) is 9.05. The summed E-state index contributed by atoms with van der Waals surface area (Å²) in [5.41, 5.74) is 1.32. The fourth-order valence-corrected chi connectivity index (χ4v) is 3.84. The molecule has 1 aliphatic rings. The summed E-state index contributed by atoms with van der Waals surface area (Å²) in [6.07, 6.45) is -0.446. The van der Waals surface area contributed by atoms with Crippen molar-refractivity contribution in [2.24, 2.45) is 0 Å². The zero-order valence-electron chi connectivity index (χ0n) is 16.6. The molecular weight excluding hydrogens is 411 g/mol. The average molecular weight is 441 g/mol. The van der Waals surface area contributed by atoms with Gasteiger partial charge in [0.1, 0.15) is 57.7 Å². The Morgan fingerprint density at radius 2 is 1.41 bits per heavy atom. The van der Waals surface area contributed by atoms with Crippen molar-refractivity contribution in [2.45, 2.75) is 12.6 Å². The molecule has 0 bridgehead atoms. The highest BCUT2D eigenvalue weighted by atomic mass is 35.5. The number of aliphatic hydroxyl groups excluding tert-OH is 1. The van der Waals surface area contributed by atoms with E-state index in [1.54, 1.807) is 17.0 Å². The van der Waals surface area contributed by atoms with E-state index < -0.39 is 6.10 Å². The third-order valence-corrected chi connectivity index (χ3v) is 5.68. The van der Waals surface area contributed by atoms with Crippen molar-refractivity contribution in [3.8, 4) is 5.75 Å². The van der Waals surface area contributed by atoms with Crippen LogP contribution in [0.25, 0.3) is 0 Å². The molecule has 2 aromatic rings. The maximum Gasteiger partial charge on any atom is 0.127 e. The molecule has 0 amide bonds. The van der Waals surface area contributed by atoms with Crippen LogP contribution in [0.1, 0.15) is 5.56 Å². The van der Waals surface area contributed by atoms with Crippen molar-refractivity contribution in [1.82, 2.24) is 0 Å². The highest BCUT2D eigenvalue weighted by Gasteiger charge is 2.25. The maximum absolute atomic E-state index is 10.3. The lowest BCUT2D eigenvalue weighted by Crippen LogP contribution is -3.28. The summed E-state index contributed by atoms with van der Waals surface area (Å²) in [4.78, 5) is 3.03. The number of aliphatic hydroxyl groups is 1. The largest absolute Gasteiger partial charge is 0.491 e. The van der Waals surface area contributed by atoms with Gasteiger partial charge in [-0.25, -0.2) is 0 Å². The van der Waals surface area contributed by atoms with Gasteiger partial charge in [-0.1, -0.05) is 35.3 Å². The minimum absolute atomic E-state index is 0.342. The van der Waals surface area contributed by atoms with E-state index in [0.29, 0.717) is 24.8 Å². The molecule has 1 saturated heterocycles. The molecule has 1 atom stereocenters. The van der Waals surface area contributed by atoms with E-state index in [2.05, 4.69) is 12.1 Å². The summed E-state index contributed by atoms with van der Waals surface area (Å²) >= 11 is 11.8. The molecule has 7 heteroatoms. The Balaban J connectivity index is 1.25. The smallest absolute Gasteiger partial charge is 0.127 e. The van der Waals surface area contributed by atoms with Gasteiger partial charge in [0.25, 0.3) is 0 Å². The highest BCUT2D eigenvalue weighted by molar-refractivity contribution is 6.30. The number of hydrogen-bond donors (Lipinski definition) is 3. The van der Waals surface area contributed by atoms with Crippen molar-refractivity contribution < 1.29 is 24.4 Å². The SMILES string of the molecule is O[C@@H](COCCOc1ccc(Cl)cc1)C[NH+]1CC[NH+](Cc2ccc(Cl)cc2)CC1. The number of nitrogens with one attached hydrogen (secondary N) is 2. The minimum atomic E-state index is -0.446. The first kappa shape index (κ1) is 22.3. The van der Waals surface area contributed by atoms with E-state index in [0.717, 1.165) is 50.0 Å². The second kappa shape index (κ2) is 11.7. The monoisotopic (exact) mass is 440 g/mol. The van der Waals surface area contributed by atoms with Gasteiger partial charge in [0.15, 0.2) is 0 Å². The van der Waals surface area contributed by atoms with Crippen LogP contribution in [0.4, 0.5) is 0 Å². The molecule has 5 nitrogen and oxygen atoms in total. The Morgan fingerprint density at radius 3 is 2.07 bits per heavy atom. The Bertz CT molecular complexity index is 720. The molecular formula is C22H30Cl2N2O3+2. The van der Waals surface area contributed by atoms with Gasteiger partial charge in [0.05, 0.1) is 13.2 Å². The highest BCUT2D eigenvalue weighted by Crippen LogP contribution is 2.15. The lowest BCUT2D eigenvalue weighted by Gasteiger charge is -2.30. The maximum atomic E-state index is 10.3. The number of piperazine rings is 1. The van der Waals surface area contributed by atoms with Gasteiger partial charge in [-0.05, 0) is 36.4 Å². The number of rotatable bonds is 10. The summed E-state index contributed by atoms with van der Waals surface area (Å²) in [6, 6.07) is 15.4. The molecule has 0 saturated carbocycles. The number of ether oxygens (including phenoxy) is 2. The zero-order chi connectivity index (χ0) is 20.5. The molecule has 29 heavy (non-hydrogen) atoms. The Labute approximate surface area is 182 Å². The van der Waals surface area contributed by atoms with Crippen LogP contribution in [0.15, 0.2) is 48.5 Å². The van der Waals surface area contributed by atoms with Crippen molar-refractivity contribution in [1.29, 1.82) is 0 Å². The van der Waals surface area contributed by atoms with Crippen LogP contribution in [-0.2, 0) is 11.3 Å². The normalized spacial score (nSPS) is 20.4. The van der Waals surface area contributed by atoms with E-state index in [1.807, 2.05) is 24.3 Å². The van der Waals surface area contributed by atoms with Crippen LogP contribution in [0.2, 0.25) is 10.0 Å². The molecule has 3 N–H and O–H groups in total. The third-order valence-electron chi connectivity index (χ3n) is 5.18. The Morgan fingerprint density at radius 1 is 0.828 bits per heavy atom. The lowest BCUT2D eigenvalue weighted by atomic mass is 10.2. The van der Waals surface area contributed by atoms with Gasteiger partial charge in [0, 0.05) is 15.6 Å². The van der Waals surface area contributed by atoms with Crippen LogP contribution in [-0.4, -0.2) is 63.8 Å². The van der Waals surface area contributed by atoms with E-state index >= 15 is 0 Å². The molecule has 0 spiro atoms. The molecule has 3 rings (SSSR count). The average Bonchev–Trinajstić information content (AvgIpc) is 2.72. The summed E-state index contributed by atoms with van der Waals surface area (Å²) < 4.78 is 11.1. The quantitative estimate of drug-likeness (QED) is 0.477. The molecule has 0 aliphatic carbocycles. The van der Waals surface area contributed by atoms with Crippen molar-refractivity contribution in [3.05, 3.63) is 64.1 Å². The van der Waals surface area contributed by atoms with Crippen molar-refractivity contribution in [3.63, 3.8) is 0 Å². The summed E-state index contributed by atoms with van der Waals surface area (Å²) in [5.74, 6) is 0.766. The van der Waals surface area contributed by atoms with Gasteiger partial charge in [-0.3, -0.25) is 0 Å². The van der Waals surface area contributed by atoms with Gasteiger partial charge < -0.3 is 24.4 Å². The zero-order valence-corrected chi connectivity index (χ0v) is 18.1. The predicted octanol–water partition coefficient (Wildman–Crippen LogP) is 0.733. The second-order valence-corrected chi connectivity index (χ2v) is 8.41. The van der Waals surface area contributed by atoms with Crippen LogP contribution >= 0.6 is 23.2 Å².